The summed E-state index contributed by atoms with van der Waals surface area (Å²) in [7, 11) is 0.991. The lowest BCUT2D eigenvalue weighted by molar-refractivity contribution is -0.0328. The van der Waals surface area contributed by atoms with Gasteiger partial charge in [-0.15, -0.1) is 0 Å². The van der Waals surface area contributed by atoms with E-state index in [2.05, 4.69) is 0 Å². The summed E-state index contributed by atoms with van der Waals surface area (Å²) in [5.41, 5.74) is -4.91. The highest BCUT2D eigenvalue weighted by atomic mass is 35.7. The van der Waals surface area contributed by atoms with Gasteiger partial charge in [0, 0.05) is 15.6 Å². The molecule has 0 aliphatic carbocycles. The summed E-state index contributed by atoms with van der Waals surface area (Å²) in [6.45, 7) is 1.28. The number of halogens is 4. The van der Waals surface area contributed by atoms with Crippen molar-refractivity contribution >= 4 is 31.5 Å². The first-order valence-corrected chi connectivity index (χ1v) is 7.42. The molecule has 0 aliphatic rings. The molecule has 0 N–H and O–H groups in total. The molecule has 0 radical (unpaired) electrons. The van der Waals surface area contributed by atoms with Crippen LogP contribution in [0.4, 0.5) is 13.2 Å². The number of hydrogen-bond acceptors (Lipinski definition) is 4. The minimum Gasteiger partial charge on any atom is -0.207 e. The second kappa shape index (κ2) is 4.99. The largest absolute Gasteiger partial charge is 0.446 e. The summed E-state index contributed by atoms with van der Waals surface area (Å²) >= 11 is -0.463. The summed E-state index contributed by atoms with van der Waals surface area (Å²) in [5, 5.41) is 8.76. The second-order valence-electron chi connectivity index (χ2n) is 3.21. The van der Waals surface area contributed by atoms with Crippen LogP contribution in [-0.2, 0) is 9.05 Å². The summed E-state index contributed by atoms with van der Waals surface area (Å²) in [6, 6.07) is 3.35. The van der Waals surface area contributed by atoms with Crippen LogP contribution in [0.3, 0.4) is 0 Å². The quantitative estimate of drug-likeness (QED) is 0.620. The van der Waals surface area contributed by atoms with Gasteiger partial charge >= 0.3 is 5.51 Å². The van der Waals surface area contributed by atoms with E-state index < -0.39 is 31.2 Å². The van der Waals surface area contributed by atoms with Gasteiger partial charge in [0.05, 0.1) is 10.5 Å². The summed E-state index contributed by atoms with van der Waals surface area (Å²) in [4.78, 5) is -0.723. The molecule has 9 heteroatoms. The fourth-order valence-corrected chi connectivity index (χ4v) is 2.73. The van der Waals surface area contributed by atoms with Crippen LogP contribution in [0, 0.1) is 18.3 Å². The van der Waals surface area contributed by atoms with E-state index >= 15 is 0 Å². The van der Waals surface area contributed by atoms with Gasteiger partial charge in [0.25, 0.3) is 9.05 Å². The molecule has 0 heterocycles. The fraction of sp³-hybridized carbons (Fsp3) is 0.222. The van der Waals surface area contributed by atoms with Crippen molar-refractivity contribution in [1.82, 2.24) is 0 Å². The highest BCUT2D eigenvalue weighted by Gasteiger charge is 2.32. The maximum absolute atomic E-state index is 12.3. The van der Waals surface area contributed by atoms with Crippen LogP contribution in [0.5, 0.6) is 0 Å². The standard InChI is InChI=1S/C9H5ClF3NO2S2/c1-5-2-7(18(10,15)16)3-6(4-14)8(5)17-9(11,12)13/h2-3H,1H3. The number of nitriles is 1. The molecule has 0 aliphatic heterocycles. The van der Waals surface area contributed by atoms with Gasteiger partial charge in [0.1, 0.15) is 6.07 Å². The van der Waals surface area contributed by atoms with E-state index in [0.717, 1.165) is 12.1 Å². The molecule has 0 saturated heterocycles. The summed E-state index contributed by atoms with van der Waals surface area (Å²) in [5.74, 6) is 0. The van der Waals surface area contributed by atoms with Gasteiger partial charge in [0.15, 0.2) is 0 Å². The average molecular weight is 316 g/mol. The Bertz CT molecular complexity index is 620. The molecule has 1 aromatic rings. The zero-order valence-corrected chi connectivity index (χ0v) is 11.1. The predicted molar refractivity (Wildman–Crippen MR) is 60.8 cm³/mol. The van der Waals surface area contributed by atoms with E-state index in [1.54, 1.807) is 0 Å². The van der Waals surface area contributed by atoms with Crippen molar-refractivity contribution in [1.29, 1.82) is 5.26 Å². The van der Waals surface area contributed by atoms with E-state index in [0.29, 0.717) is 0 Å². The molecular weight excluding hydrogens is 311 g/mol. The van der Waals surface area contributed by atoms with Crippen molar-refractivity contribution in [3.8, 4) is 6.07 Å². The van der Waals surface area contributed by atoms with Gasteiger partial charge in [-0.05, 0) is 36.4 Å². The lowest BCUT2D eigenvalue weighted by Crippen LogP contribution is -2.03. The fourth-order valence-electron chi connectivity index (χ4n) is 1.22. The third-order valence-corrected chi connectivity index (χ3v) is 4.18. The average Bonchev–Trinajstić information content (AvgIpc) is 2.17. The Labute approximate surface area is 110 Å². The Balaban J connectivity index is 3.45. The van der Waals surface area contributed by atoms with Crippen LogP contribution in [0.25, 0.3) is 0 Å². The first-order valence-electron chi connectivity index (χ1n) is 4.30. The molecule has 0 atom stereocenters. The first kappa shape index (κ1) is 15.1. The lowest BCUT2D eigenvalue weighted by atomic mass is 10.1. The smallest absolute Gasteiger partial charge is 0.207 e. The molecular formula is C9H5ClF3NO2S2. The van der Waals surface area contributed by atoms with Gasteiger partial charge in [0.2, 0.25) is 0 Å². The van der Waals surface area contributed by atoms with E-state index in [1.807, 2.05) is 0 Å². The number of hydrogen-bond donors (Lipinski definition) is 0. The van der Waals surface area contributed by atoms with Gasteiger partial charge < -0.3 is 0 Å². The molecule has 0 bridgehead atoms. The van der Waals surface area contributed by atoms with E-state index in [4.69, 9.17) is 15.9 Å². The number of thioether (sulfide) groups is 1. The van der Waals surface area contributed by atoms with Crippen LogP contribution in [0.1, 0.15) is 11.1 Å². The Morgan fingerprint density at radius 2 is 1.94 bits per heavy atom. The Morgan fingerprint density at radius 3 is 2.33 bits per heavy atom. The molecule has 18 heavy (non-hydrogen) atoms. The van der Waals surface area contributed by atoms with Crippen molar-refractivity contribution in [2.75, 3.05) is 0 Å². The third-order valence-electron chi connectivity index (χ3n) is 1.87. The highest BCUT2D eigenvalue weighted by Crippen LogP contribution is 2.41. The zero-order valence-electron chi connectivity index (χ0n) is 8.75. The molecule has 0 spiro atoms. The Hall–Kier alpha value is -0.910. The van der Waals surface area contributed by atoms with E-state index in [1.165, 1.54) is 13.0 Å². The number of aryl methyl sites for hydroxylation is 1. The van der Waals surface area contributed by atoms with Crippen LogP contribution in [0.2, 0.25) is 0 Å². The molecule has 3 nitrogen and oxygen atoms in total. The molecule has 0 saturated carbocycles. The van der Waals surface area contributed by atoms with Crippen molar-refractivity contribution in [2.24, 2.45) is 0 Å². The minimum atomic E-state index is -4.56. The maximum Gasteiger partial charge on any atom is 0.446 e. The second-order valence-corrected chi connectivity index (χ2v) is 6.86. The van der Waals surface area contributed by atoms with Crippen LogP contribution < -0.4 is 0 Å². The summed E-state index contributed by atoms with van der Waals surface area (Å²) in [6.07, 6.45) is 0. The normalized spacial score (nSPS) is 12.2. The topological polar surface area (TPSA) is 57.9 Å². The van der Waals surface area contributed by atoms with Crippen LogP contribution in [-0.4, -0.2) is 13.9 Å². The number of nitrogens with zero attached hydrogens (tertiary/aromatic N) is 1. The Morgan fingerprint density at radius 1 is 1.39 bits per heavy atom. The van der Waals surface area contributed by atoms with Crippen molar-refractivity contribution in [3.05, 3.63) is 23.3 Å². The molecule has 0 unspecified atom stereocenters. The first-order chi connectivity index (χ1) is 8.04. The lowest BCUT2D eigenvalue weighted by Gasteiger charge is -2.11. The van der Waals surface area contributed by atoms with Gasteiger partial charge in [-0.1, -0.05) is 0 Å². The van der Waals surface area contributed by atoms with Crippen molar-refractivity contribution in [3.63, 3.8) is 0 Å². The predicted octanol–water partition coefficient (Wildman–Crippen LogP) is 3.41. The zero-order chi connectivity index (χ0) is 14.1. The van der Waals surface area contributed by atoms with Gasteiger partial charge in [-0.3, -0.25) is 0 Å². The minimum absolute atomic E-state index is 0.0237. The van der Waals surface area contributed by atoms with Gasteiger partial charge in [-0.25, -0.2) is 8.42 Å². The van der Waals surface area contributed by atoms with E-state index in [-0.39, 0.29) is 16.0 Å². The van der Waals surface area contributed by atoms with Crippen LogP contribution >= 0.6 is 22.4 Å². The van der Waals surface area contributed by atoms with E-state index in [9.17, 15) is 21.6 Å². The molecule has 1 rings (SSSR count). The molecule has 98 valence electrons. The molecule has 0 fully saturated rings. The number of rotatable bonds is 2. The van der Waals surface area contributed by atoms with Crippen molar-refractivity contribution in [2.45, 2.75) is 22.2 Å². The maximum atomic E-state index is 12.3. The Kier molecular flexibility index (Phi) is 4.20. The molecule has 0 aromatic heterocycles. The number of alkyl halides is 3. The molecule has 0 amide bonds. The van der Waals surface area contributed by atoms with Crippen molar-refractivity contribution < 1.29 is 21.6 Å². The molecule has 1 aromatic carbocycles. The monoisotopic (exact) mass is 315 g/mol. The highest BCUT2D eigenvalue weighted by molar-refractivity contribution is 8.13. The number of benzene rings is 1. The van der Waals surface area contributed by atoms with Crippen LogP contribution in [0.15, 0.2) is 21.9 Å². The summed E-state index contributed by atoms with van der Waals surface area (Å²) < 4.78 is 59.0. The SMILES string of the molecule is Cc1cc(S(=O)(=O)Cl)cc(C#N)c1SC(F)(F)F. The third kappa shape index (κ3) is 3.80. The van der Waals surface area contributed by atoms with Gasteiger partial charge in [-0.2, -0.15) is 18.4 Å².